The lowest BCUT2D eigenvalue weighted by molar-refractivity contribution is -0.115. The number of H-pyrrole nitrogens is 1. The number of aromatic amines is 1. The molecule has 0 saturated carbocycles. The fourth-order valence-corrected chi connectivity index (χ4v) is 5.14. The Hall–Kier alpha value is -2.13. The van der Waals surface area contributed by atoms with Crippen molar-refractivity contribution >= 4 is 40.0 Å². The van der Waals surface area contributed by atoms with Gasteiger partial charge in [-0.2, -0.15) is 0 Å². The molecule has 1 aliphatic rings. The molecular weight excluding hydrogens is 398 g/mol. The Morgan fingerprint density at radius 3 is 2.79 bits per heavy atom. The van der Waals surface area contributed by atoms with Crippen molar-refractivity contribution in [3.8, 4) is 0 Å². The molecule has 1 atom stereocenters. The molecule has 2 N–H and O–H groups in total. The van der Waals surface area contributed by atoms with Crippen LogP contribution in [0.4, 0.5) is 5.00 Å². The van der Waals surface area contributed by atoms with Crippen LogP contribution in [0, 0.1) is 13.8 Å². The molecule has 0 aromatic carbocycles. The normalized spacial score (nSPS) is 13.9. The maximum absolute atomic E-state index is 12.7. The van der Waals surface area contributed by atoms with Crippen LogP contribution in [0.3, 0.4) is 0 Å². The third-order valence-electron chi connectivity index (χ3n) is 4.67. The van der Waals surface area contributed by atoms with Gasteiger partial charge in [-0.3, -0.25) is 9.59 Å². The number of anilines is 1. The highest BCUT2D eigenvalue weighted by Gasteiger charge is 2.29. The van der Waals surface area contributed by atoms with E-state index in [0.717, 1.165) is 29.7 Å². The summed E-state index contributed by atoms with van der Waals surface area (Å²) in [5.74, 6) is -0.644. The largest absolute Gasteiger partial charge is 0.462 e. The topological polar surface area (TPSA) is 101 Å². The summed E-state index contributed by atoms with van der Waals surface area (Å²) in [6.45, 7) is 7.26. The minimum absolute atomic E-state index is 0.207. The predicted molar refractivity (Wildman–Crippen MR) is 111 cm³/mol. The van der Waals surface area contributed by atoms with Gasteiger partial charge in [0.05, 0.1) is 17.4 Å². The highest BCUT2D eigenvalue weighted by Crippen LogP contribution is 2.39. The van der Waals surface area contributed by atoms with Crippen molar-refractivity contribution in [2.75, 3.05) is 11.9 Å². The van der Waals surface area contributed by atoms with E-state index in [2.05, 4.69) is 15.3 Å². The highest BCUT2D eigenvalue weighted by molar-refractivity contribution is 8.00. The fourth-order valence-electron chi connectivity index (χ4n) is 3.02. The molecule has 0 aliphatic heterocycles. The van der Waals surface area contributed by atoms with Gasteiger partial charge in [-0.15, -0.1) is 11.3 Å². The quantitative estimate of drug-likeness (QED) is 0.422. The van der Waals surface area contributed by atoms with Gasteiger partial charge < -0.3 is 15.0 Å². The van der Waals surface area contributed by atoms with Crippen LogP contribution < -0.4 is 10.9 Å². The third-order valence-corrected chi connectivity index (χ3v) is 6.86. The molecule has 3 rings (SSSR count). The van der Waals surface area contributed by atoms with E-state index >= 15 is 0 Å². The van der Waals surface area contributed by atoms with E-state index in [4.69, 9.17) is 4.74 Å². The average molecular weight is 422 g/mol. The lowest BCUT2D eigenvalue weighted by Crippen LogP contribution is -2.24. The van der Waals surface area contributed by atoms with Crippen LogP contribution in [-0.4, -0.2) is 33.7 Å². The molecule has 9 heteroatoms. The summed E-state index contributed by atoms with van der Waals surface area (Å²) < 4.78 is 5.19. The lowest BCUT2D eigenvalue weighted by Gasteiger charge is -2.12. The summed E-state index contributed by atoms with van der Waals surface area (Å²) in [4.78, 5) is 45.2. The molecule has 28 heavy (non-hydrogen) atoms. The minimum Gasteiger partial charge on any atom is -0.462 e. The van der Waals surface area contributed by atoms with E-state index in [1.807, 2.05) is 0 Å². The number of hydrogen-bond acceptors (Lipinski definition) is 7. The molecule has 0 spiro atoms. The number of ether oxygens (including phenoxy) is 1. The van der Waals surface area contributed by atoms with Gasteiger partial charge in [-0.1, -0.05) is 11.8 Å². The molecule has 0 fully saturated rings. The molecule has 1 aliphatic carbocycles. The van der Waals surface area contributed by atoms with Gasteiger partial charge >= 0.3 is 5.97 Å². The minimum atomic E-state index is -0.503. The van der Waals surface area contributed by atoms with Gasteiger partial charge in [-0.25, -0.2) is 9.78 Å². The number of thiophene rings is 1. The third kappa shape index (κ3) is 4.15. The first kappa shape index (κ1) is 20.6. The number of rotatable bonds is 6. The van der Waals surface area contributed by atoms with Crippen molar-refractivity contribution < 1.29 is 14.3 Å². The molecular formula is C19H23N3O4S2. The maximum atomic E-state index is 12.7. The molecule has 0 saturated heterocycles. The Bertz CT molecular complexity index is 980. The number of carbonyl (C=O) groups is 2. The Labute approximate surface area is 171 Å². The van der Waals surface area contributed by atoms with Crippen LogP contribution in [0.1, 0.15) is 52.3 Å². The van der Waals surface area contributed by atoms with E-state index in [-0.39, 0.29) is 18.1 Å². The van der Waals surface area contributed by atoms with Gasteiger partial charge in [0, 0.05) is 16.1 Å². The number of esters is 1. The van der Waals surface area contributed by atoms with Crippen LogP contribution in [0.25, 0.3) is 0 Å². The molecule has 2 heterocycles. The number of amides is 1. The van der Waals surface area contributed by atoms with E-state index in [1.54, 1.807) is 27.7 Å². The van der Waals surface area contributed by atoms with Crippen molar-refractivity contribution in [1.82, 2.24) is 9.97 Å². The standard InChI is InChI=1S/C19H23N3O4S2/c1-5-26-18(25)14-12-7-6-8-13(12)28-17(14)21-16(24)11(4)27-19-20-10(3)9(2)15(23)22-19/h11H,5-8H2,1-4H3,(H,21,24)(H,20,22,23)/t11-/m1/s1. The van der Waals surface area contributed by atoms with Gasteiger partial charge in [0.15, 0.2) is 5.16 Å². The number of hydrogen-bond donors (Lipinski definition) is 2. The van der Waals surface area contributed by atoms with Crippen molar-refractivity contribution in [2.24, 2.45) is 0 Å². The summed E-state index contributed by atoms with van der Waals surface area (Å²) in [5, 5.41) is 3.32. The zero-order valence-electron chi connectivity index (χ0n) is 16.3. The second-order valence-electron chi connectivity index (χ2n) is 6.61. The summed E-state index contributed by atoms with van der Waals surface area (Å²) in [7, 11) is 0. The van der Waals surface area contributed by atoms with Crippen molar-refractivity contribution in [1.29, 1.82) is 0 Å². The molecule has 7 nitrogen and oxygen atoms in total. The van der Waals surface area contributed by atoms with Gasteiger partial charge in [0.1, 0.15) is 5.00 Å². The number of thioether (sulfide) groups is 1. The van der Waals surface area contributed by atoms with Crippen LogP contribution in [-0.2, 0) is 22.4 Å². The van der Waals surface area contributed by atoms with Crippen molar-refractivity contribution in [2.45, 2.75) is 57.4 Å². The van der Waals surface area contributed by atoms with Crippen LogP contribution in [0.2, 0.25) is 0 Å². The lowest BCUT2D eigenvalue weighted by atomic mass is 10.1. The number of nitrogens with zero attached hydrogens (tertiary/aromatic N) is 1. The number of nitrogens with one attached hydrogen (secondary N) is 2. The van der Waals surface area contributed by atoms with Crippen LogP contribution >= 0.6 is 23.1 Å². The van der Waals surface area contributed by atoms with Gasteiger partial charge in [-0.05, 0) is 52.5 Å². The highest BCUT2D eigenvalue weighted by atomic mass is 32.2. The predicted octanol–water partition coefficient (Wildman–Crippen LogP) is 3.23. The van der Waals surface area contributed by atoms with Crippen molar-refractivity contribution in [3.05, 3.63) is 37.6 Å². The van der Waals surface area contributed by atoms with E-state index in [9.17, 15) is 14.4 Å². The number of carbonyl (C=O) groups excluding carboxylic acids is 2. The zero-order chi connectivity index (χ0) is 20.4. The first-order chi connectivity index (χ1) is 13.3. The molecule has 150 valence electrons. The maximum Gasteiger partial charge on any atom is 0.341 e. The summed E-state index contributed by atoms with van der Waals surface area (Å²) >= 11 is 2.62. The molecule has 0 unspecified atom stereocenters. The molecule has 1 amide bonds. The van der Waals surface area contributed by atoms with E-state index < -0.39 is 11.2 Å². The smallest absolute Gasteiger partial charge is 0.341 e. The first-order valence-electron chi connectivity index (χ1n) is 9.18. The zero-order valence-corrected chi connectivity index (χ0v) is 17.9. The number of aromatic nitrogens is 2. The molecule has 2 aromatic rings. The second kappa shape index (κ2) is 8.48. The summed E-state index contributed by atoms with van der Waals surface area (Å²) in [6.07, 6.45) is 2.76. The fraction of sp³-hybridized carbons (Fsp3) is 0.474. The van der Waals surface area contributed by atoms with E-state index in [1.165, 1.54) is 23.1 Å². The van der Waals surface area contributed by atoms with Crippen molar-refractivity contribution in [3.63, 3.8) is 0 Å². The number of aryl methyl sites for hydroxylation is 2. The van der Waals surface area contributed by atoms with Gasteiger partial charge in [0.2, 0.25) is 5.91 Å². The van der Waals surface area contributed by atoms with Crippen LogP contribution in [0.15, 0.2) is 9.95 Å². The Kier molecular flexibility index (Phi) is 6.24. The Morgan fingerprint density at radius 1 is 1.36 bits per heavy atom. The average Bonchev–Trinajstić information content (AvgIpc) is 3.20. The number of fused-ring (bicyclic) bond motifs is 1. The Morgan fingerprint density at radius 2 is 2.11 bits per heavy atom. The van der Waals surface area contributed by atoms with E-state index in [0.29, 0.717) is 27.0 Å². The SMILES string of the molecule is CCOC(=O)c1c(NC(=O)[C@@H](C)Sc2nc(C)c(C)c(=O)[nH]2)sc2c1CCC2. The second-order valence-corrected chi connectivity index (χ2v) is 9.05. The summed E-state index contributed by atoms with van der Waals surface area (Å²) in [6, 6.07) is 0. The first-order valence-corrected chi connectivity index (χ1v) is 10.9. The molecule has 2 aromatic heterocycles. The molecule has 0 radical (unpaired) electrons. The van der Waals surface area contributed by atoms with Crippen LogP contribution in [0.5, 0.6) is 0 Å². The monoisotopic (exact) mass is 421 g/mol. The Balaban J connectivity index is 1.78. The molecule has 0 bridgehead atoms. The van der Waals surface area contributed by atoms with Gasteiger partial charge in [0.25, 0.3) is 5.56 Å². The summed E-state index contributed by atoms with van der Waals surface area (Å²) in [5.41, 5.74) is 2.48.